The summed E-state index contributed by atoms with van der Waals surface area (Å²) < 4.78 is 5.49. The number of carbonyl (C=O) groups excluding carboxylic acids is 2. The normalized spacial score (nSPS) is 12.8. The Bertz CT molecular complexity index is 851. The van der Waals surface area contributed by atoms with Crippen LogP contribution in [0.4, 0.5) is 0 Å². The van der Waals surface area contributed by atoms with E-state index in [0.29, 0.717) is 23.3 Å². The first-order valence-electron chi connectivity index (χ1n) is 9.91. The van der Waals surface area contributed by atoms with Crippen molar-refractivity contribution in [3.05, 3.63) is 59.2 Å². The van der Waals surface area contributed by atoms with Crippen molar-refractivity contribution in [2.24, 2.45) is 5.73 Å². The molecule has 4 N–H and O–H groups in total. The number of benzene rings is 2. The van der Waals surface area contributed by atoms with Gasteiger partial charge < -0.3 is 20.9 Å². The molecule has 0 bridgehead atoms. The van der Waals surface area contributed by atoms with Crippen molar-refractivity contribution in [1.82, 2.24) is 5.32 Å². The number of unbranched alkanes of at least 4 members (excludes halogenated alkanes) is 2. The fraction of sp³-hybridized carbons (Fsp3) is 0.391. The van der Waals surface area contributed by atoms with Gasteiger partial charge >= 0.3 is 0 Å². The van der Waals surface area contributed by atoms with E-state index in [-0.39, 0.29) is 17.6 Å². The molecule has 6 heteroatoms. The second kappa shape index (κ2) is 10.5. The number of nitrogens with two attached hydrogens (primary N) is 1. The second-order valence-corrected chi connectivity index (χ2v) is 7.07. The third-order valence-electron chi connectivity index (χ3n) is 5.21. The number of hydrogen-bond donors (Lipinski definition) is 3. The summed E-state index contributed by atoms with van der Waals surface area (Å²) in [5.74, 6) is -1.19. The van der Waals surface area contributed by atoms with Crippen molar-refractivity contribution >= 4 is 11.8 Å². The van der Waals surface area contributed by atoms with Crippen molar-refractivity contribution in [1.29, 1.82) is 0 Å². The Morgan fingerprint density at radius 1 is 1.14 bits per heavy atom. The minimum atomic E-state index is -0.709. The first kappa shape index (κ1) is 22.3. The van der Waals surface area contributed by atoms with Crippen molar-refractivity contribution in [2.45, 2.75) is 44.4 Å². The number of methoxy groups -OCH3 is 1. The van der Waals surface area contributed by atoms with Crippen molar-refractivity contribution in [2.75, 3.05) is 14.2 Å². The third kappa shape index (κ3) is 5.28. The maximum absolute atomic E-state index is 12.7. The number of carbonyl (C=O) groups is 2. The van der Waals surface area contributed by atoms with Crippen LogP contribution in [-0.2, 0) is 4.79 Å². The molecule has 0 spiro atoms. The van der Waals surface area contributed by atoms with Gasteiger partial charge in [0.05, 0.1) is 13.0 Å². The number of hydrogen-bond acceptors (Lipinski definition) is 4. The zero-order valence-electron chi connectivity index (χ0n) is 17.3. The van der Waals surface area contributed by atoms with Crippen molar-refractivity contribution in [3.63, 3.8) is 0 Å². The quantitative estimate of drug-likeness (QED) is 0.531. The largest absolute Gasteiger partial charge is 0.508 e. The maximum atomic E-state index is 12.7. The summed E-state index contributed by atoms with van der Waals surface area (Å²) in [6.07, 6.45) is 3.65. The molecule has 0 aliphatic rings. The Morgan fingerprint density at radius 3 is 2.48 bits per heavy atom. The van der Waals surface area contributed by atoms with Crippen LogP contribution >= 0.6 is 0 Å². The van der Waals surface area contributed by atoms with E-state index in [4.69, 9.17) is 10.5 Å². The predicted molar refractivity (Wildman–Crippen MR) is 113 cm³/mol. The average molecular weight is 399 g/mol. The van der Waals surface area contributed by atoms with Gasteiger partial charge in [0.15, 0.2) is 0 Å². The first-order valence-corrected chi connectivity index (χ1v) is 9.91. The molecule has 2 rings (SSSR count). The lowest BCUT2D eigenvalue weighted by Crippen LogP contribution is -2.30. The van der Waals surface area contributed by atoms with Crippen LogP contribution < -0.4 is 15.8 Å². The van der Waals surface area contributed by atoms with Crippen LogP contribution in [0.3, 0.4) is 0 Å². The van der Waals surface area contributed by atoms with Crippen LogP contribution in [0.1, 0.15) is 65.9 Å². The number of phenolic OH excluding ortho intramolecular Hbond substituents is 1. The monoisotopic (exact) mass is 398 g/mol. The summed E-state index contributed by atoms with van der Waals surface area (Å²) in [4.78, 5) is 25.1. The molecule has 2 atom stereocenters. The molecular weight excluding hydrogens is 368 g/mol. The van der Waals surface area contributed by atoms with Crippen molar-refractivity contribution < 1.29 is 19.4 Å². The zero-order valence-corrected chi connectivity index (χ0v) is 17.3. The lowest BCUT2D eigenvalue weighted by Gasteiger charge is -2.28. The number of primary amides is 1. The molecule has 0 saturated carbocycles. The highest BCUT2D eigenvalue weighted by Crippen LogP contribution is 2.42. The molecule has 0 fully saturated rings. The summed E-state index contributed by atoms with van der Waals surface area (Å²) in [7, 11) is 3.08. The van der Waals surface area contributed by atoms with Gasteiger partial charge in [0.1, 0.15) is 11.5 Å². The average Bonchev–Trinajstić information content (AvgIpc) is 2.72. The van der Waals surface area contributed by atoms with Gasteiger partial charge in [-0.15, -0.1) is 0 Å². The Labute approximate surface area is 172 Å². The number of phenols is 1. The van der Waals surface area contributed by atoms with E-state index in [1.807, 2.05) is 0 Å². The van der Waals surface area contributed by atoms with Gasteiger partial charge in [0.25, 0.3) is 5.91 Å². The Balaban J connectivity index is 2.63. The zero-order chi connectivity index (χ0) is 21.4. The fourth-order valence-corrected chi connectivity index (χ4v) is 3.80. The molecule has 2 unspecified atom stereocenters. The summed E-state index contributed by atoms with van der Waals surface area (Å²) in [5, 5.41) is 12.5. The Kier molecular flexibility index (Phi) is 8.07. The van der Waals surface area contributed by atoms with Crippen LogP contribution in [0.15, 0.2) is 42.5 Å². The van der Waals surface area contributed by atoms with E-state index in [0.717, 1.165) is 24.8 Å². The Hall–Kier alpha value is -3.02. The number of ether oxygens (including phenoxy) is 1. The van der Waals surface area contributed by atoms with E-state index in [1.165, 1.54) is 13.2 Å². The van der Waals surface area contributed by atoms with Crippen LogP contribution in [0, 0.1) is 0 Å². The molecule has 2 amide bonds. The minimum Gasteiger partial charge on any atom is -0.508 e. The van der Waals surface area contributed by atoms with Gasteiger partial charge in [0, 0.05) is 24.6 Å². The van der Waals surface area contributed by atoms with Crippen LogP contribution in [-0.4, -0.2) is 31.1 Å². The van der Waals surface area contributed by atoms with Gasteiger partial charge in [-0.05, 0) is 29.7 Å². The Morgan fingerprint density at radius 2 is 1.86 bits per heavy atom. The van der Waals surface area contributed by atoms with Crippen molar-refractivity contribution in [3.8, 4) is 11.5 Å². The molecule has 6 nitrogen and oxygen atoms in total. The molecule has 0 heterocycles. The topological polar surface area (TPSA) is 102 Å². The highest BCUT2D eigenvalue weighted by molar-refractivity contribution is 5.98. The van der Waals surface area contributed by atoms with Gasteiger partial charge in [-0.3, -0.25) is 9.59 Å². The number of aromatic hydroxyl groups is 1. The van der Waals surface area contributed by atoms with Crippen LogP contribution in [0.25, 0.3) is 0 Å². The predicted octanol–water partition coefficient (Wildman–Crippen LogP) is 3.69. The van der Waals surface area contributed by atoms with Crippen LogP contribution in [0.2, 0.25) is 0 Å². The summed E-state index contributed by atoms with van der Waals surface area (Å²) >= 11 is 0. The standard InChI is InChI=1S/C23H30N2O4/c1-4-5-6-9-17(16-13-12-15(26)14-20(16)29-3)21(22(24)27)18-10-7-8-11-19(18)23(28)25-2/h7-8,10-14,17,21,26H,4-6,9H2,1-3H3,(H2,24,27)(H,25,28). The summed E-state index contributed by atoms with van der Waals surface area (Å²) in [6.45, 7) is 2.11. The highest BCUT2D eigenvalue weighted by atomic mass is 16.5. The molecule has 0 saturated heterocycles. The summed E-state index contributed by atoms with van der Waals surface area (Å²) in [5.41, 5.74) is 7.69. The molecule has 2 aromatic carbocycles. The van der Waals surface area contributed by atoms with Gasteiger partial charge in [0.2, 0.25) is 5.91 Å². The molecule has 0 radical (unpaired) electrons. The molecule has 0 aromatic heterocycles. The van der Waals surface area contributed by atoms with Gasteiger partial charge in [-0.2, -0.15) is 0 Å². The first-order chi connectivity index (χ1) is 13.9. The third-order valence-corrected chi connectivity index (χ3v) is 5.21. The van der Waals surface area contributed by atoms with Gasteiger partial charge in [-0.25, -0.2) is 0 Å². The number of nitrogens with one attached hydrogen (secondary N) is 1. The lowest BCUT2D eigenvalue weighted by atomic mass is 9.76. The number of amides is 2. The maximum Gasteiger partial charge on any atom is 0.251 e. The minimum absolute atomic E-state index is 0.0827. The van der Waals surface area contributed by atoms with E-state index in [1.54, 1.807) is 43.4 Å². The van der Waals surface area contributed by atoms with Crippen LogP contribution in [0.5, 0.6) is 11.5 Å². The number of rotatable bonds is 10. The summed E-state index contributed by atoms with van der Waals surface area (Å²) in [6, 6.07) is 11.9. The smallest absolute Gasteiger partial charge is 0.251 e. The molecule has 0 aliphatic heterocycles. The molecular formula is C23H30N2O4. The van der Waals surface area contributed by atoms with E-state index < -0.39 is 11.8 Å². The molecule has 29 heavy (non-hydrogen) atoms. The van der Waals surface area contributed by atoms with E-state index >= 15 is 0 Å². The fourth-order valence-electron chi connectivity index (χ4n) is 3.80. The molecule has 2 aromatic rings. The van der Waals surface area contributed by atoms with E-state index in [2.05, 4.69) is 12.2 Å². The SMILES string of the molecule is CCCCCC(c1ccc(O)cc1OC)C(C(N)=O)c1ccccc1C(=O)NC. The molecule has 156 valence electrons. The highest BCUT2D eigenvalue weighted by Gasteiger charge is 2.33. The second-order valence-electron chi connectivity index (χ2n) is 7.07. The van der Waals surface area contributed by atoms with Gasteiger partial charge in [-0.1, -0.05) is 50.5 Å². The molecule has 0 aliphatic carbocycles. The lowest BCUT2D eigenvalue weighted by molar-refractivity contribution is -0.120. The van der Waals surface area contributed by atoms with E-state index in [9.17, 15) is 14.7 Å².